The molecule has 0 amide bonds. The van der Waals surface area contributed by atoms with E-state index in [1.807, 2.05) is 36.4 Å². The first-order valence-electron chi connectivity index (χ1n) is 11.6. The number of rotatable bonds is 2. The van der Waals surface area contributed by atoms with Crippen molar-refractivity contribution in [2.45, 2.75) is 20.3 Å². The molecule has 0 heterocycles. The van der Waals surface area contributed by atoms with E-state index in [0.29, 0.717) is 0 Å². The van der Waals surface area contributed by atoms with Gasteiger partial charge in [-0.2, -0.15) is 48.0 Å². The molecule has 0 N–H and O–H groups in total. The molecule has 1 aliphatic carbocycles. The van der Waals surface area contributed by atoms with E-state index < -0.39 is 0 Å². The number of aryl methyl sites for hydroxylation is 2. The largest absolute Gasteiger partial charge is 1.00 e. The van der Waals surface area contributed by atoms with Crippen molar-refractivity contribution in [1.82, 2.24) is 0 Å². The van der Waals surface area contributed by atoms with Gasteiger partial charge in [0.1, 0.15) is 0 Å². The van der Waals surface area contributed by atoms with E-state index in [9.17, 15) is 0 Å². The summed E-state index contributed by atoms with van der Waals surface area (Å²) in [5.41, 5.74) is 10.9. The van der Waals surface area contributed by atoms with E-state index in [2.05, 4.69) is 105 Å². The molecule has 0 spiro atoms. The summed E-state index contributed by atoms with van der Waals surface area (Å²) in [7, 11) is 0. The van der Waals surface area contributed by atoms with Crippen molar-refractivity contribution in [2.24, 2.45) is 0 Å². The summed E-state index contributed by atoms with van der Waals surface area (Å²) in [6, 6.07) is 45.7. The Morgan fingerprint density at radius 1 is 0.667 bits per heavy atom. The van der Waals surface area contributed by atoms with Crippen LogP contribution in [0.2, 0.25) is 0 Å². The molecule has 0 aliphatic heterocycles. The average Bonchev–Trinajstić information content (AvgIpc) is 3.57. The molecule has 0 unspecified atom stereocenters. The molecule has 6 rings (SSSR count). The fourth-order valence-electron chi connectivity index (χ4n) is 3.93. The van der Waals surface area contributed by atoms with Crippen LogP contribution in [0, 0.1) is 19.9 Å². The van der Waals surface area contributed by atoms with E-state index in [-0.39, 0.29) is 24.8 Å². The van der Waals surface area contributed by atoms with E-state index in [1.165, 1.54) is 47.8 Å². The minimum absolute atomic E-state index is 0. The first-order chi connectivity index (χ1) is 16.6. The Labute approximate surface area is 242 Å². The zero-order valence-electron chi connectivity index (χ0n) is 20.5. The predicted octanol–water partition coefficient (Wildman–Crippen LogP) is 1.89. The van der Waals surface area contributed by atoms with Crippen molar-refractivity contribution in [3.8, 4) is 11.1 Å². The predicted molar refractivity (Wildman–Crippen MR) is 141 cm³/mol. The molecule has 0 aromatic heterocycles. The normalized spacial score (nSPS) is 10.1. The van der Waals surface area contributed by atoms with Crippen LogP contribution in [-0.4, -0.2) is 3.26 Å². The van der Waals surface area contributed by atoms with Crippen LogP contribution in [0.15, 0.2) is 121 Å². The maximum Gasteiger partial charge on any atom is -0.0253 e. The number of hydrogen-bond donors (Lipinski definition) is 0. The van der Waals surface area contributed by atoms with Crippen molar-refractivity contribution < 1.29 is 48.7 Å². The van der Waals surface area contributed by atoms with Crippen molar-refractivity contribution in [2.75, 3.05) is 0 Å². The fraction of sp³-hybridized carbons (Fsp3) is 0.0909. The van der Waals surface area contributed by atoms with Crippen molar-refractivity contribution in [3.63, 3.8) is 0 Å². The molecule has 0 atom stereocenters. The Morgan fingerprint density at radius 2 is 1.19 bits per heavy atom. The van der Waals surface area contributed by atoms with Gasteiger partial charge in [-0.3, -0.25) is 0 Å². The van der Waals surface area contributed by atoms with Crippen molar-refractivity contribution >= 4 is 3.26 Å². The van der Waals surface area contributed by atoms with Crippen LogP contribution in [-0.2, 0) is 30.3 Å². The first-order valence-corrected chi connectivity index (χ1v) is 13.4. The van der Waals surface area contributed by atoms with Crippen molar-refractivity contribution in [1.29, 1.82) is 0 Å². The van der Waals surface area contributed by atoms with Crippen LogP contribution in [0.5, 0.6) is 0 Å². The Morgan fingerprint density at radius 3 is 1.72 bits per heavy atom. The zero-order valence-corrected chi connectivity index (χ0v) is 25.6. The third kappa shape index (κ3) is 8.03. The third-order valence-electron chi connectivity index (χ3n) is 5.85. The molecular weight excluding hydrogens is 646 g/mol. The molecule has 0 saturated carbocycles. The summed E-state index contributed by atoms with van der Waals surface area (Å²) in [4.78, 5) is 0. The van der Waals surface area contributed by atoms with Gasteiger partial charge in [0.15, 0.2) is 0 Å². The molecule has 0 saturated heterocycles. The minimum Gasteiger partial charge on any atom is -1.00 e. The Bertz CT molecular complexity index is 1230. The van der Waals surface area contributed by atoms with E-state index in [1.54, 1.807) is 0 Å². The first kappa shape index (κ1) is 29.8. The summed E-state index contributed by atoms with van der Waals surface area (Å²) in [6.07, 6.45) is 1.05. The molecule has 5 aromatic carbocycles. The summed E-state index contributed by atoms with van der Waals surface area (Å²) >= 11 is 1.08. The second-order valence-corrected chi connectivity index (χ2v) is 10.3. The second-order valence-electron chi connectivity index (χ2n) is 8.47. The van der Waals surface area contributed by atoms with Gasteiger partial charge < -0.3 is 24.8 Å². The molecular formula is C33H28Cl2Hf-2. The van der Waals surface area contributed by atoms with Crippen LogP contribution >= 0.6 is 0 Å². The fourth-order valence-corrected chi connectivity index (χ4v) is 5.12. The number of fused-ring (bicyclic) bond motifs is 3. The van der Waals surface area contributed by atoms with E-state index >= 15 is 0 Å². The number of halogens is 2. The molecule has 180 valence electrons. The van der Waals surface area contributed by atoms with Crippen LogP contribution in [0.1, 0.15) is 33.4 Å². The van der Waals surface area contributed by atoms with Crippen LogP contribution < -0.4 is 24.8 Å². The summed E-state index contributed by atoms with van der Waals surface area (Å²) in [5, 5.41) is 0. The third-order valence-corrected chi connectivity index (χ3v) is 7.93. The number of benzene rings is 4. The van der Waals surface area contributed by atoms with Crippen molar-refractivity contribution in [3.05, 3.63) is 161 Å². The summed E-state index contributed by atoms with van der Waals surface area (Å²) in [5.74, 6) is 0. The van der Waals surface area contributed by atoms with Gasteiger partial charge in [0, 0.05) is 0 Å². The maximum atomic E-state index is 3.30. The molecule has 5 aromatic rings. The SMILES string of the molecule is Cc1ccc([C](=[Hf+2])c2ccc(C)cc2)cc1.[Cl-].[Cl-].[c-]1cccc2c1Cc1ccccc1-2.c1cc[cH-]c1. The van der Waals surface area contributed by atoms with E-state index in [0.717, 1.165) is 30.3 Å². The van der Waals surface area contributed by atoms with Crippen LogP contribution in [0.3, 0.4) is 0 Å². The monoisotopic (exact) mass is 674 g/mol. The molecule has 1 aliphatic rings. The van der Waals surface area contributed by atoms with E-state index in [4.69, 9.17) is 0 Å². The molecule has 0 radical (unpaired) electrons. The van der Waals surface area contributed by atoms with Gasteiger partial charge in [-0.05, 0) is 6.42 Å². The molecule has 3 heteroatoms. The van der Waals surface area contributed by atoms with Gasteiger partial charge in [-0.15, -0.1) is 5.56 Å². The molecule has 0 fully saturated rings. The maximum absolute atomic E-state index is 3.30. The molecule has 36 heavy (non-hydrogen) atoms. The van der Waals surface area contributed by atoms with Gasteiger partial charge in [0.2, 0.25) is 0 Å². The zero-order chi connectivity index (χ0) is 23.8. The molecule has 0 bridgehead atoms. The Kier molecular flexibility index (Phi) is 12.4. The van der Waals surface area contributed by atoms with Crippen LogP contribution in [0.4, 0.5) is 0 Å². The van der Waals surface area contributed by atoms with Gasteiger partial charge in [-0.1, -0.05) is 35.4 Å². The Balaban J connectivity index is 0.000000205. The average molecular weight is 674 g/mol. The summed E-state index contributed by atoms with van der Waals surface area (Å²) < 4.78 is 1.47. The van der Waals surface area contributed by atoms with Crippen LogP contribution in [0.25, 0.3) is 11.1 Å². The van der Waals surface area contributed by atoms with Gasteiger partial charge in [-0.25, -0.2) is 12.1 Å². The number of hydrogen-bond acceptors (Lipinski definition) is 0. The topological polar surface area (TPSA) is 0 Å². The standard InChI is InChI=1S/C15H14.C13H9.C5H5.2ClH.Hf/c1-12-3-7-14(8-4-12)11-15-9-5-13(2)6-10-15;1-3-7-12-10(5-1)9-11-6-2-4-8-13(11)12;1-2-4-5-3-1;;;/h3-10H,1-2H3;1-5,7-8H,9H2;1-5H;2*1H;/q;2*-1;;;+2/p-2. The van der Waals surface area contributed by atoms with Gasteiger partial charge in [0.25, 0.3) is 0 Å². The molecule has 0 nitrogen and oxygen atoms in total. The van der Waals surface area contributed by atoms with Gasteiger partial charge >= 0.3 is 112 Å². The second kappa shape index (κ2) is 15.0. The quantitative estimate of drug-likeness (QED) is 0.195. The summed E-state index contributed by atoms with van der Waals surface area (Å²) in [6.45, 7) is 4.25. The Hall–Kier alpha value is -2.45. The van der Waals surface area contributed by atoms with Gasteiger partial charge in [0.05, 0.1) is 0 Å². The smallest absolute Gasteiger partial charge is 0.0253 e. The minimum atomic E-state index is 0.